The van der Waals surface area contributed by atoms with Gasteiger partial charge in [-0.05, 0) is 76.3 Å². The standard InChI is InChI=1S/C25H36O4/c1-14(2)13-20-25(27)17(5)18-8-7-16(4)21(18)22(26)23(25)24(6,29-20)11-9-19-15(3)10-12-28-19/h10,12-13,16-18,20-21,23,27H,7-9,11H2,1-6H3. The molecular weight excluding hydrogens is 364 g/mol. The van der Waals surface area contributed by atoms with Crippen LogP contribution in [0.2, 0.25) is 0 Å². The summed E-state index contributed by atoms with van der Waals surface area (Å²) in [5, 5.41) is 12.1. The number of hydrogen-bond donors (Lipinski definition) is 1. The maximum Gasteiger partial charge on any atom is 0.145 e. The molecule has 0 aromatic carbocycles. The number of fused-ring (bicyclic) bond motifs is 2. The monoisotopic (exact) mass is 400 g/mol. The summed E-state index contributed by atoms with van der Waals surface area (Å²) in [4.78, 5) is 13.8. The second-order valence-electron chi connectivity index (χ2n) is 10.4. The molecule has 4 rings (SSSR count). The van der Waals surface area contributed by atoms with E-state index >= 15 is 0 Å². The first-order valence-corrected chi connectivity index (χ1v) is 11.2. The van der Waals surface area contributed by atoms with Gasteiger partial charge in [0.25, 0.3) is 0 Å². The Kier molecular flexibility index (Phi) is 5.10. The molecule has 2 saturated carbocycles. The summed E-state index contributed by atoms with van der Waals surface area (Å²) in [7, 11) is 0. The minimum atomic E-state index is -1.15. The van der Waals surface area contributed by atoms with Crippen molar-refractivity contribution in [1.82, 2.24) is 0 Å². The van der Waals surface area contributed by atoms with Gasteiger partial charge in [-0.1, -0.05) is 25.5 Å². The van der Waals surface area contributed by atoms with Crippen LogP contribution < -0.4 is 0 Å². The summed E-state index contributed by atoms with van der Waals surface area (Å²) in [5.74, 6) is 1.39. The summed E-state index contributed by atoms with van der Waals surface area (Å²) < 4.78 is 12.2. The minimum Gasteiger partial charge on any atom is -0.469 e. The zero-order chi connectivity index (χ0) is 21.1. The van der Waals surface area contributed by atoms with Crippen LogP contribution in [0.25, 0.3) is 0 Å². The Labute approximate surface area is 174 Å². The van der Waals surface area contributed by atoms with E-state index in [4.69, 9.17) is 9.15 Å². The molecule has 1 aromatic rings. The highest BCUT2D eigenvalue weighted by atomic mass is 16.5. The molecule has 0 spiro atoms. The molecule has 160 valence electrons. The van der Waals surface area contributed by atoms with E-state index in [0.29, 0.717) is 18.8 Å². The summed E-state index contributed by atoms with van der Waals surface area (Å²) in [5.41, 5.74) is 0.376. The molecule has 0 bridgehead atoms. The van der Waals surface area contributed by atoms with Crippen molar-refractivity contribution in [2.75, 3.05) is 0 Å². The van der Waals surface area contributed by atoms with Gasteiger partial charge in [-0.15, -0.1) is 0 Å². The number of allylic oxidation sites excluding steroid dienone is 1. The highest BCUT2D eigenvalue weighted by Gasteiger charge is 2.71. The van der Waals surface area contributed by atoms with Crippen LogP contribution in [0.15, 0.2) is 28.4 Å². The fourth-order valence-electron chi connectivity index (χ4n) is 6.68. The van der Waals surface area contributed by atoms with Crippen LogP contribution in [0.1, 0.15) is 65.2 Å². The molecule has 0 amide bonds. The normalized spacial score (nSPS) is 43.9. The number of rotatable bonds is 4. The van der Waals surface area contributed by atoms with E-state index < -0.39 is 23.2 Å². The second-order valence-corrected chi connectivity index (χ2v) is 10.4. The number of Topliss-reactive ketones (excluding diaryl/α,β-unsaturated/α-hetero) is 1. The summed E-state index contributed by atoms with van der Waals surface area (Å²) in [6, 6.07) is 1.97. The molecular formula is C25H36O4. The first-order valence-electron chi connectivity index (χ1n) is 11.2. The number of aryl methyl sites for hydroxylation is 2. The molecule has 1 aliphatic heterocycles. The van der Waals surface area contributed by atoms with Crippen molar-refractivity contribution in [3.63, 3.8) is 0 Å². The number of furan rings is 1. The van der Waals surface area contributed by atoms with Crippen molar-refractivity contribution in [3.8, 4) is 0 Å². The zero-order valence-corrected chi connectivity index (χ0v) is 18.7. The molecule has 8 atom stereocenters. The van der Waals surface area contributed by atoms with E-state index in [1.807, 2.05) is 39.8 Å². The maximum atomic E-state index is 13.8. The lowest BCUT2D eigenvalue weighted by molar-refractivity contribution is -0.161. The van der Waals surface area contributed by atoms with Gasteiger partial charge in [0.2, 0.25) is 0 Å². The third kappa shape index (κ3) is 3.06. The predicted octanol–water partition coefficient (Wildman–Crippen LogP) is 4.87. The smallest absolute Gasteiger partial charge is 0.145 e. The van der Waals surface area contributed by atoms with Gasteiger partial charge in [0.05, 0.1) is 17.8 Å². The van der Waals surface area contributed by atoms with Gasteiger partial charge >= 0.3 is 0 Å². The van der Waals surface area contributed by atoms with E-state index in [1.54, 1.807) is 6.26 Å². The molecule has 1 N–H and O–H groups in total. The fourth-order valence-corrected chi connectivity index (χ4v) is 6.68. The zero-order valence-electron chi connectivity index (χ0n) is 18.7. The van der Waals surface area contributed by atoms with Gasteiger partial charge < -0.3 is 14.3 Å². The quantitative estimate of drug-likeness (QED) is 0.732. The second kappa shape index (κ2) is 7.09. The van der Waals surface area contributed by atoms with Crippen LogP contribution in [-0.2, 0) is 16.0 Å². The SMILES string of the molecule is CC(C)=CC1OC(C)(CCc2occc2C)C2C(=O)C3C(C)CCC3C(C)C12O. The fraction of sp³-hybridized carbons (Fsp3) is 0.720. The highest BCUT2D eigenvalue weighted by molar-refractivity contribution is 5.88. The Morgan fingerprint density at radius 3 is 2.66 bits per heavy atom. The first-order chi connectivity index (χ1) is 13.6. The lowest BCUT2D eigenvalue weighted by Crippen LogP contribution is -2.62. The van der Waals surface area contributed by atoms with E-state index in [-0.39, 0.29) is 23.5 Å². The average Bonchev–Trinajstić information content (AvgIpc) is 3.28. The molecule has 3 aliphatic rings. The third-order valence-corrected chi connectivity index (χ3v) is 8.24. The van der Waals surface area contributed by atoms with Crippen LogP contribution in [0.5, 0.6) is 0 Å². The molecule has 3 fully saturated rings. The van der Waals surface area contributed by atoms with E-state index in [9.17, 15) is 9.90 Å². The third-order valence-electron chi connectivity index (χ3n) is 8.24. The van der Waals surface area contributed by atoms with Crippen molar-refractivity contribution in [2.45, 2.75) is 84.5 Å². The van der Waals surface area contributed by atoms with E-state index in [1.165, 1.54) is 0 Å². The van der Waals surface area contributed by atoms with Crippen molar-refractivity contribution in [3.05, 3.63) is 35.3 Å². The Bertz CT molecular complexity index is 819. The Morgan fingerprint density at radius 1 is 1.31 bits per heavy atom. The number of hydrogen-bond acceptors (Lipinski definition) is 4. The van der Waals surface area contributed by atoms with Gasteiger partial charge in [0.15, 0.2) is 0 Å². The molecule has 2 aliphatic carbocycles. The van der Waals surface area contributed by atoms with Crippen molar-refractivity contribution in [2.24, 2.45) is 29.6 Å². The largest absolute Gasteiger partial charge is 0.469 e. The Balaban J connectivity index is 1.74. The molecule has 2 heterocycles. The van der Waals surface area contributed by atoms with Crippen molar-refractivity contribution < 1.29 is 19.1 Å². The number of carbonyl (C=O) groups excluding carboxylic acids is 1. The van der Waals surface area contributed by atoms with Crippen molar-refractivity contribution in [1.29, 1.82) is 0 Å². The van der Waals surface area contributed by atoms with Gasteiger partial charge in [-0.2, -0.15) is 0 Å². The summed E-state index contributed by atoms with van der Waals surface area (Å²) in [6.07, 6.45) is 6.75. The Morgan fingerprint density at radius 2 is 2.03 bits per heavy atom. The van der Waals surface area contributed by atoms with Crippen LogP contribution in [0, 0.1) is 36.5 Å². The molecule has 8 unspecified atom stereocenters. The molecule has 29 heavy (non-hydrogen) atoms. The van der Waals surface area contributed by atoms with Crippen LogP contribution in [0.3, 0.4) is 0 Å². The minimum absolute atomic E-state index is 0.0351. The van der Waals surface area contributed by atoms with Crippen LogP contribution in [0.4, 0.5) is 0 Å². The lowest BCUT2D eigenvalue weighted by atomic mass is 9.55. The van der Waals surface area contributed by atoms with Gasteiger partial charge in [0, 0.05) is 12.3 Å². The molecule has 1 saturated heterocycles. The van der Waals surface area contributed by atoms with Gasteiger partial charge in [0.1, 0.15) is 23.2 Å². The lowest BCUT2D eigenvalue weighted by Gasteiger charge is -2.49. The number of ketones is 1. The Hall–Kier alpha value is -1.39. The summed E-state index contributed by atoms with van der Waals surface area (Å²) >= 11 is 0. The molecule has 4 heteroatoms. The number of ether oxygens (including phenoxy) is 1. The first kappa shape index (κ1) is 20.9. The van der Waals surface area contributed by atoms with E-state index in [0.717, 1.165) is 29.7 Å². The molecule has 4 nitrogen and oxygen atoms in total. The van der Waals surface area contributed by atoms with Gasteiger partial charge in [-0.3, -0.25) is 4.79 Å². The summed E-state index contributed by atoms with van der Waals surface area (Å²) in [6.45, 7) is 12.5. The maximum absolute atomic E-state index is 13.8. The highest BCUT2D eigenvalue weighted by Crippen LogP contribution is 2.60. The van der Waals surface area contributed by atoms with Crippen LogP contribution in [-0.4, -0.2) is 28.2 Å². The van der Waals surface area contributed by atoms with E-state index in [2.05, 4.69) is 13.8 Å². The number of carbonyl (C=O) groups is 1. The molecule has 1 aromatic heterocycles. The van der Waals surface area contributed by atoms with Crippen molar-refractivity contribution >= 4 is 5.78 Å². The predicted molar refractivity (Wildman–Crippen MR) is 112 cm³/mol. The van der Waals surface area contributed by atoms with Gasteiger partial charge in [-0.25, -0.2) is 0 Å². The topological polar surface area (TPSA) is 59.7 Å². The molecule has 0 radical (unpaired) electrons. The number of aliphatic hydroxyl groups is 1. The average molecular weight is 401 g/mol. The van der Waals surface area contributed by atoms with Crippen LogP contribution >= 0.6 is 0 Å².